The molecule has 0 aliphatic heterocycles. The van der Waals surface area contributed by atoms with Gasteiger partial charge in [0.1, 0.15) is 0 Å². The summed E-state index contributed by atoms with van der Waals surface area (Å²) in [4.78, 5) is 0. The lowest BCUT2D eigenvalue weighted by atomic mass is 9.76. The van der Waals surface area contributed by atoms with Crippen molar-refractivity contribution in [1.29, 1.82) is 0 Å². The molecule has 0 amide bonds. The predicted octanol–water partition coefficient (Wildman–Crippen LogP) is 5.52. The molecular weight excluding hydrogens is 192 g/mol. The van der Waals surface area contributed by atoms with Crippen molar-refractivity contribution < 1.29 is 0 Å². The van der Waals surface area contributed by atoms with Gasteiger partial charge in [0.2, 0.25) is 0 Å². The molecule has 0 heterocycles. The molecule has 2 saturated carbocycles. The Balaban J connectivity index is 0.000000509. The molecule has 0 bridgehead atoms. The summed E-state index contributed by atoms with van der Waals surface area (Å²) in [7, 11) is 0. The van der Waals surface area contributed by atoms with Gasteiger partial charge in [-0.05, 0) is 48.7 Å². The minimum Gasteiger partial charge on any atom is -0.125 e. The topological polar surface area (TPSA) is 0 Å². The second-order valence-electron chi connectivity index (χ2n) is 4.02. The third-order valence-electron chi connectivity index (χ3n) is 3.47. The number of hydrogen-bond acceptors (Lipinski definition) is 0. The third kappa shape index (κ3) is 3.39. The number of rotatable bonds is 0. The van der Waals surface area contributed by atoms with Gasteiger partial charge in [-0.2, -0.15) is 0 Å². The molecule has 2 fully saturated rings. The molecule has 0 nitrogen and oxygen atoms in total. The summed E-state index contributed by atoms with van der Waals surface area (Å²) in [5.74, 6) is 1.72. The lowest BCUT2D eigenvalue weighted by Gasteiger charge is -2.28. The molecule has 0 spiro atoms. The Hall–Kier alpha value is -0.740. The Morgan fingerprint density at radius 1 is 1.06 bits per heavy atom. The molecule has 2 rings (SSSR count). The van der Waals surface area contributed by atoms with E-state index in [1.807, 2.05) is 27.7 Å². The SMILES string of the molecule is C=C=C1CCC2CCCC2C1=C.CC.CC. The van der Waals surface area contributed by atoms with Gasteiger partial charge in [-0.15, -0.1) is 5.73 Å². The first kappa shape index (κ1) is 15.3. The van der Waals surface area contributed by atoms with Crippen LogP contribution in [-0.2, 0) is 0 Å². The summed E-state index contributed by atoms with van der Waals surface area (Å²) in [6, 6.07) is 0. The second kappa shape index (κ2) is 8.42. The Kier molecular flexibility index (Phi) is 8.03. The van der Waals surface area contributed by atoms with E-state index in [-0.39, 0.29) is 0 Å². The van der Waals surface area contributed by atoms with E-state index in [0.717, 1.165) is 11.8 Å². The summed E-state index contributed by atoms with van der Waals surface area (Å²) in [6.45, 7) is 15.9. The average molecular weight is 220 g/mol. The van der Waals surface area contributed by atoms with Crippen LogP contribution < -0.4 is 0 Å². The highest BCUT2D eigenvalue weighted by molar-refractivity contribution is 5.33. The maximum Gasteiger partial charge on any atom is -0.00374 e. The zero-order valence-corrected chi connectivity index (χ0v) is 11.6. The van der Waals surface area contributed by atoms with E-state index in [2.05, 4.69) is 18.9 Å². The predicted molar refractivity (Wildman–Crippen MR) is 74.6 cm³/mol. The van der Waals surface area contributed by atoms with Gasteiger partial charge in [0.05, 0.1) is 0 Å². The Bertz CT molecular complexity index is 253. The van der Waals surface area contributed by atoms with Crippen LogP contribution >= 0.6 is 0 Å². The van der Waals surface area contributed by atoms with E-state index < -0.39 is 0 Å². The minimum absolute atomic E-state index is 0.781. The summed E-state index contributed by atoms with van der Waals surface area (Å²) >= 11 is 0. The molecule has 2 atom stereocenters. The first-order chi connectivity index (χ1) is 7.83. The van der Waals surface area contributed by atoms with E-state index in [4.69, 9.17) is 0 Å². The summed E-state index contributed by atoms with van der Waals surface area (Å²) in [5.41, 5.74) is 5.68. The average Bonchev–Trinajstić information content (AvgIpc) is 2.84. The van der Waals surface area contributed by atoms with Crippen LogP contribution in [0.1, 0.15) is 59.8 Å². The normalized spacial score (nSPS) is 26.8. The van der Waals surface area contributed by atoms with Crippen LogP contribution in [0.5, 0.6) is 0 Å². The van der Waals surface area contributed by atoms with E-state index >= 15 is 0 Å². The highest BCUT2D eigenvalue weighted by Crippen LogP contribution is 2.46. The van der Waals surface area contributed by atoms with Gasteiger partial charge in [0.25, 0.3) is 0 Å². The smallest absolute Gasteiger partial charge is 0.00374 e. The van der Waals surface area contributed by atoms with E-state index in [1.165, 1.54) is 43.3 Å². The Morgan fingerprint density at radius 3 is 2.25 bits per heavy atom. The number of fused-ring (bicyclic) bond motifs is 1. The summed E-state index contributed by atoms with van der Waals surface area (Å²) in [5, 5.41) is 0. The van der Waals surface area contributed by atoms with Crippen LogP contribution in [0.4, 0.5) is 0 Å². The molecular formula is C16H28. The van der Waals surface area contributed by atoms with Crippen molar-refractivity contribution >= 4 is 0 Å². The van der Waals surface area contributed by atoms with Crippen LogP contribution in [0.15, 0.2) is 30.0 Å². The summed E-state index contributed by atoms with van der Waals surface area (Å²) < 4.78 is 0. The Labute approximate surface area is 102 Å². The van der Waals surface area contributed by atoms with Crippen molar-refractivity contribution in [3.8, 4) is 0 Å². The van der Waals surface area contributed by atoms with Gasteiger partial charge < -0.3 is 0 Å². The van der Waals surface area contributed by atoms with Gasteiger partial charge in [0.15, 0.2) is 0 Å². The largest absolute Gasteiger partial charge is 0.125 e. The third-order valence-corrected chi connectivity index (χ3v) is 3.47. The zero-order valence-electron chi connectivity index (χ0n) is 11.6. The van der Waals surface area contributed by atoms with Crippen molar-refractivity contribution in [2.75, 3.05) is 0 Å². The van der Waals surface area contributed by atoms with Crippen LogP contribution in [0.3, 0.4) is 0 Å². The fourth-order valence-electron chi connectivity index (χ4n) is 2.76. The molecule has 0 aromatic rings. The van der Waals surface area contributed by atoms with Crippen molar-refractivity contribution in [1.82, 2.24) is 0 Å². The van der Waals surface area contributed by atoms with Gasteiger partial charge >= 0.3 is 0 Å². The van der Waals surface area contributed by atoms with Crippen LogP contribution in [-0.4, -0.2) is 0 Å². The fourth-order valence-corrected chi connectivity index (χ4v) is 2.76. The standard InChI is InChI=1S/C12H16.2C2H6/c1-3-10-7-8-11-5-4-6-12(11)9(10)2;2*1-2/h11-12H,1-2,4-8H2;2*1-2H3. The molecule has 0 aromatic carbocycles. The highest BCUT2D eigenvalue weighted by atomic mass is 14.4. The molecule has 0 heteroatoms. The van der Waals surface area contributed by atoms with Gasteiger partial charge in [-0.3, -0.25) is 0 Å². The maximum atomic E-state index is 4.17. The highest BCUT2D eigenvalue weighted by Gasteiger charge is 2.33. The van der Waals surface area contributed by atoms with Crippen molar-refractivity contribution in [3.63, 3.8) is 0 Å². The molecule has 0 aromatic heterocycles. The lowest BCUT2D eigenvalue weighted by molar-refractivity contribution is 0.385. The fraction of sp³-hybridized carbons (Fsp3) is 0.688. The molecule has 0 radical (unpaired) electrons. The number of allylic oxidation sites excluding steroid dienone is 2. The second-order valence-corrected chi connectivity index (χ2v) is 4.02. The Morgan fingerprint density at radius 2 is 1.69 bits per heavy atom. The monoisotopic (exact) mass is 220 g/mol. The van der Waals surface area contributed by atoms with Crippen molar-refractivity contribution in [2.45, 2.75) is 59.8 Å². The van der Waals surface area contributed by atoms with Gasteiger partial charge in [-0.25, -0.2) is 0 Å². The van der Waals surface area contributed by atoms with E-state index in [1.54, 1.807) is 0 Å². The molecule has 0 N–H and O–H groups in total. The number of hydrogen-bond donors (Lipinski definition) is 0. The molecule has 2 aliphatic rings. The van der Waals surface area contributed by atoms with Crippen molar-refractivity contribution in [3.05, 3.63) is 30.0 Å². The zero-order chi connectivity index (χ0) is 12.6. The molecule has 0 saturated heterocycles. The van der Waals surface area contributed by atoms with Gasteiger partial charge in [0, 0.05) is 0 Å². The van der Waals surface area contributed by atoms with Gasteiger partial charge in [-0.1, -0.05) is 47.3 Å². The molecule has 16 heavy (non-hydrogen) atoms. The minimum atomic E-state index is 0.781. The summed E-state index contributed by atoms with van der Waals surface area (Å²) in [6.07, 6.45) is 6.70. The van der Waals surface area contributed by atoms with Crippen LogP contribution in [0.2, 0.25) is 0 Å². The maximum absolute atomic E-state index is 4.17. The van der Waals surface area contributed by atoms with Crippen LogP contribution in [0, 0.1) is 11.8 Å². The lowest BCUT2D eigenvalue weighted by Crippen LogP contribution is -2.17. The first-order valence-corrected chi connectivity index (χ1v) is 6.91. The van der Waals surface area contributed by atoms with E-state index in [9.17, 15) is 0 Å². The quantitative estimate of drug-likeness (QED) is 0.472. The molecule has 92 valence electrons. The molecule has 2 unspecified atom stereocenters. The molecule has 2 aliphatic carbocycles. The van der Waals surface area contributed by atoms with Crippen molar-refractivity contribution in [2.24, 2.45) is 11.8 Å². The van der Waals surface area contributed by atoms with Crippen LogP contribution in [0.25, 0.3) is 0 Å². The first-order valence-electron chi connectivity index (χ1n) is 6.91. The van der Waals surface area contributed by atoms with E-state index in [0.29, 0.717) is 0 Å².